The van der Waals surface area contributed by atoms with Gasteiger partial charge in [-0.15, -0.1) is 0 Å². The van der Waals surface area contributed by atoms with E-state index in [0.717, 1.165) is 28.8 Å². The molecule has 0 saturated heterocycles. The Hall–Kier alpha value is -2.50. The highest BCUT2D eigenvalue weighted by molar-refractivity contribution is 7.90. The Morgan fingerprint density at radius 2 is 1.76 bits per heavy atom. The van der Waals surface area contributed by atoms with E-state index in [9.17, 15) is 17.2 Å². The van der Waals surface area contributed by atoms with E-state index in [1.54, 1.807) is 22.5 Å². The van der Waals surface area contributed by atoms with Crippen molar-refractivity contribution in [1.82, 2.24) is 19.6 Å². The van der Waals surface area contributed by atoms with Crippen molar-refractivity contribution in [2.75, 3.05) is 12.9 Å². The van der Waals surface area contributed by atoms with Crippen molar-refractivity contribution in [2.45, 2.75) is 44.8 Å². The number of aryl methyl sites for hydroxylation is 4. The molecule has 0 saturated carbocycles. The van der Waals surface area contributed by atoms with Crippen molar-refractivity contribution in [3.63, 3.8) is 0 Å². The number of sulfone groups is 1. The Morgan fingerprint density at radius 3 is 2.35 bits per heavy atom. The van der Waals surface area contributed by atoms with Gasteiger partial charge in [-0.3, -0.25) is 4.68 Å². The molecule has 0 aliphatic rings. The van der Waals surface area contributed by atoms with Crippen LogP contribution < -0.4 is 4.74 Å². The van der Waals surface area contributed by atoms with Gasteiger partial charge in [0.25, 0.3) is 6.43 Å². The molecule has 0 radical (unpaired) electrons. The molecule has 3 aromatic rings. The Morgan fingerprint density at radius 1 is 1.06 bits per heavy atom. The molecule has 2 aromatic heterocycles. The quantitative estimate of drug-likeness (QED) is 0.407. The molecule has 0 bridgehead atoms. The number of ether oxygens (including phenoxy) is 2. The van der Waals surface area contributed by atoms with E-state index in [4.69, 9.17) is 21.1 Å². The summed E-state index contributed by atoms with van der Waals surface area (Å²) in [6, 6.07) is 3.03. The fraction of sp³-hybridized carbons (Fsp3) is 0.455. The zero-order chi connectivity index (χ0) is 25.2. The predicted octanol–water partition coefficient (Wildman–Crippen LogP) is 3.78. The standard InChI is InChI=1S/C22H27ClF2N4O4S/c1-13-16(9-28(3)26-13)10-33-22-17(14(2)27-29(22)4)8-15-6-7-19(34(5,30)31)18(21(15)23)11-32-12-20(24)25/h6-7,9,20H,8,10-12H2,1-5H3. The molecule has 1 aromatic carbocycles. The molecule has 0 spiro atoms. The summed E-state index contributed by atoms with van der Waals surface area (Å²) < 4.78 is 64.0. The van der Waals surface area contributed by atoms with Crippen LogP contribution in [0.3, 0.4) is 0 Å². The predicted molar refractivity (Wildman–Crippen MR) is 123 cm³/mol. The highest BCUT2D eigenvalue weighted by Crippen LogP contribution is 2.33. The number of hydrogen-bond acceptors (Lipinski definition) is 6. The molecule has 2 heterocycles. The van der Waals surface area contributed by atoms with E-state index in [1.807, 2.05) is 27.1 Å². The second kappa shape index (κ2) is 10.4. The largest absolute Gasteiger partial charge is 0.473 e. The van der Waals surface area contributed by atoms with Gasteiger partial charge in [0.1, 0.15) is 13.2 Å². The van der Waals surface area contributed by atoms with Crippen LogP contribution in [0.25, 0.3) is 0 Å². The summed E-state index contributed by atoms with van der Waals surface area (Å²) in [6.07, 6.45) is 0.535. The second-order valence-corrected chi connectivity index (χ2v) is 10.4. The zero-order valence-electron chi connectivity index (χ0n) is 19.6. The van der Waals surface area contributed by atoms with E-state index < -0.39 is 22.9 Å². The van der Waals surface area contributed by atoms with Crippen LogP contribution in [-0.4, -0.2) is 47.3 Å². The molecular weight excluding hydrogens is 490 g/mol. The minimum atomic E-state index is -3.65. The highest BCUT2D eigenvalue weighted by atomic mass is 35.5. The molecule has 186 valence electrons. The van der Waals surface area contributed by atoms with Gasteiger partial charge in [-0.1, -0.05) is 17.7 Å². The molecule has 0 fully saturated rings. The van der Waals surface area contributed by atoms with Crippen molar-refractivity contribution < 1.29 is 26.7 Å². The van der Waals surface area contributed by atoms with Crippen molar-refractivity contribution >= 4 is 21.4 Å². The number of rotatable bonds is 10. The van der Waals surface area contributed by atoms with Crippen molar-refractivity contribution in [1.29, 1.82) is 0 Å². The molecule has 0 unspecified atom stereocenters. The molecular formula is C22H27ClF2N4O4S. The number of aromatic nitrogens is 4. The van der Waals surface area contributed by atoms with Gasteiger partial charge in [-0.05, 0) is 25.5 Å². The Bertz CT molecular complexity index is 1290. The maximum absolute atomic E-state index is 12.5. The monoisotopic (exact) mass is 516 g/mol. The van der Waals surface area contributed by atoms with Gasteiger partial charge in [-0.2, -0.15) is 10.2 Å². The first kappa shape index (κ1) is 26.1. The van der Waals surface area contributed by atoms with E-state index in [1.165, 1.54) is 6.07 Å². The third-order valence-corrected chi connectivity index (χ3v) is 6.96. The maximum Gasteiger partial charge on any atom is 0.261 e. The molecule has 3 rings (SSSR count). The number of hydrogen-bond donors (Lipinski definition) is 0. The van der Waals surface area contributed by atoms with E-state index in [2.05, 4.69) is 10.2 Å². The minimum absolute atomic E-state index is 0.0537. The van der Waals surface area contributed by atoms with Crippen molar-refractivity contribution in [2.24, 2.45) is 14.1 Å². The smallest absolute Gasteiger partial charge is 0.261 e. The molecule has 12 heteroatoms. The molecule has 0 aliphatic carbocycles. The van der Waals surface area contributed by atoms with Crippen LogP contribution in [0.5, 0.6) is 5.88 Å². The molecule has 34 heavy (non-hydrogen) atoms. The first-order valence-corrected chi connectivity index (χ1v) is 12.7. The summed E-state index contributed by atoms with van der Waals surface area (Å²) in [6.45, 7) is 2.85. The van der Waals surface area contributed by atoms with Crippen molar-refractivity contribution in [3.8, 4) is 5.88 Å². The summed E-state index contributed by atoms with van der Waals surface area (Å²) in [7, 11) is -0.0528. The maximum atomic E-state index is 12.5. The topological polar surface area (TPSA) is 88.2 Å². The first-order valence-electron chi connectivity index (χ1n) is 10.4. The fourth-order valence-electron chi connectivity index (χ4n) is 3.71. The number of nitrogens with zero attached hydrogens (tertiary/aromatic N) is 4. The van der Waals surface area contributed by atoms with E-state index in [-0.39, 0.29) is 22.1 Å². The van der Waals surface area contributed by atoms with Gasteiger partial charge in [0, 0.05) is 49.7 Å². The summed E-state index contributed by atoms with van der Waals surface area (Å²) in [5.74, 6) is 0.541. The Kier molecular flexibility index (Phi) is 7.99. The molecule has 0 N–H and O–H groups in total. The molecule has 0 aliphatic heterocycles. The molecule has 8 nitrogen and oxygen atoms in total. The summed E-state index contributed by atoms with van der Waals surface area (Å²) in [4.78, 5) is -0.0537. The summed E-state index contributed by atoms with van der Waals surface area (Å²) in [5.41, 5.74) is 4.04. The van der Waals surface area contributed by atoms with Crippen LogP contribution >= 0.6 is 11.6 Å². The number of benzene rings is 1. The van der Waals surface area contributed by atoms with E-state index >= 15 is 0 Å². The third-order valence-electron chi connectivity index (χ3n) is 5.31. The Balaban J connectivity index is 1.93. The van der Waals surface area contributed by atoms with Crippen LogP contribution in [0.1, 0.15) is 33.6 Å². The highest BCUT2D eigenvalue weighted by Gasteiger charge is 2.22. The van der Waals surface area contributed by atoms with Crippen LogP contribution in [0, 0.1) is 13.8 Å². The van der Waals surface area contributed by atoms with Crippen molar-refractivity contribution in [3.05, 3.63) is 57.0 Å². The van der Waals surface area contributed by atoms with Gasteiger partial charge in [0.05, 0.1) is 27.9 Å². The average Bonchev–Trinajstić information content (AvgIpc) is 3.18. The normalized spacial score (nSPS) is 12.0. The van der Waals surface area contributed by atoms with Crippen LogP contribution in [0.15, 0.2) is 23.2 Å². The fourth-order valence-corrected chi connectivity index (χ4v) is 4.98. The van der Waals surface area contributed by atoms with Gasteiger partial charge in [0.2, 0.25) is 5.88 Å². The van der Waals surface area contributed by atoms with Crippen LogP contribution in [-0.2, 0) is 48.3 Å². The number of halogens is 3. The lowest BCUT2D eigenvalue weighted by Gasteiger charge is -2.15. The lowest BCUT2D eigenvalue weighted by atomic mass is 10.0. The first-order chi connectivity index (χ1) is 15.9. The zero-order valence-corrected chi connectivity index (χ0v) is 21.2. The van der Waals surface area contributed by atoms with Gasteiger partial charge < -0.3 is 9.47 Å². The van der Waals surface area contributed by atoms with Crippen LogP contribution in [0.2, 0.25) is 5.02 Å². The summed E-state index contributed by atoms with van der Waals surface area (Å²) in [5, 5.41) is 8.91. The SMILES string of the molecule is Cc1nn(C)cc1COc1c(Cc2ccc(S(C)(=O)=O)c(COCC(F)F)c2Cl)c(C)nn1C. The molecule has 0 atom stereocenters. The van der Waals surface area contributed by atoms with Gasteiger partial charge >= 0.3 is 0 Å². The summed E-state index contributed by atoms with van der Waals surface area (Å²) >= 11 is 6.58. The lowest BCUT2D eigenvalue weighted by molar-refractivity contribution is 0.00923. The van der Waals surface area contributed by atoms with Crippen LogP contribution in [0.4, 0.5) is 8.78 Å². The third kappa shape index (κ3) is 5.94. The van der Waals surface area contributed by atoms with Gasteiger partial charge in [-0.25, -0.2) is 21.9 Å². The Labute approximate surface area is 202 Å². The molecule has 0 amide bonds. The van der Waals surface area contributed by atoms with E-state index in [0.29, 0.717) is 24.5 Å². The lowest BCUT2D eigenvalue weighted by Crippen LogP contribution is -2.10. The second-order valence-electron chi connectivity index (χ2n) is 8.07. The number of alkyl halides is 2. The average molecular weight is 517 g/mol. The minimum Gasteiger partial charge on any atom is -0.473 e. The van der Waals surface area contributed by atoms with Gasteiger partial charge in [0.15, 0.2) is 9.84 Å².